The molecule has 246 valence electrons. The van der Waals surface area contributed by atoms with Crippen molar-refractivity contribution >= 4 is 69.3 Å². The summed E-state index contributed by atoms with van der Waals surface area (Å²) in [5.41, 5.74) is 5.40. The summed E-state index contributed by atoms with van der Waals surface area (Å²) in [7, 11) is 1.45. The third-order valence-corrected chi connectivity index (χ3v) is 8.49. The summed E-state index contributed by atoms with van der Waals surface area (Å²) in [4.78, 5) is 37.3. The molecule has 5 rings (SSSR count). The van der Waals surface area contributed by atoms with Crippen molar-refractivity contribution in [1.29, 1.82) is 0 Å². The molecular weight excluding hydrogens is 838 g/mol. The van der Waals surface area contributed by atoms with Gasteiger partial charge in [0.2, 0.25) is 6.79 Å². The molecular formula is C32H30I2N4O9. The van der Waals surface area contributed by atoms with Crippen LogP contribution in [-0.2, 0) is 20.9 Å². The Bertz CT molecular complexity index is 1740. The number of rotatable bonds is 12. The average Bonchev–Trinajstić information content (AvgIpc) is 3.51. The molecule has 0 saturated heterocycles. The Morgan fingerprint density at radius 3 is 2.55 bits per heavy atom. The number of urea groups is 1. The highest BCUT2D eigenvalue weighted by Gasteiger charge is 2.32. The number of nitrogens with zero attached hydrogens (tertiary/aromatic N) is 1. The summed E-state index contributed by atoms with van der Waals surface area (Å²) in [6.45, 7) is 3.75. The predicted octanol–water partition coefficient (Wildman–Crippen LogP) is 4.93. The number of allylic oxidation sites excluding steroid dienone is 1. The first kappa shape index (κ1) is 34.1. The summed E-state index contributed by atoms with van der Waals surface area (Å²) in [5, 5.41) is 9.40. The fourth-order valence-corrected chi connectivity index (χ4v) is 6.87. The van der Waals surface area contributed by atoms with E-state index in [0.717, 1.165) is 29.8 Å². The van der Waals surface area contributed by atoms with Gasteiger partial charge in [-0.2, -0.15) is 5.10 Å². The molecule has 3 N–H and O–H groups in total. The van der Waals surface area contributed by atoms with Crippen LogP contribution in [0.4, 0.5) is 4.79 Å². The molecule has 3 aromatic rings. The zero-order valence-corrected chi connectivity index (χ0v) is 29.8. The van der Waals surface area contributed by atoms with Gasteiger partial charge >= 0.3 is 12.0 Å². The van der Waals surface area contributed by atoms with Crippen LogP contribution in [0.25, 0.3) is 0 Å². The highest BCUT2D eigenvalue weighted by molar-refractivity contribution is 14.1. The lowest BCUT2D eigenvalue weighted by atomic mass is 9.95. The Labute approximate surface area is 297 Å². The molecule has 0 radical (unpaired) electrons. The van der Waals surface area contributed by atoms with E-state index in [0.29, 0.717) is 29.4 Å². The van der Waals surface area contributed by atoms with Crippen LogP contribution in [0.1, 0.15) is 36.6 Å². The predicted molar refractivity (Wildman–Crippen MR) is 187 cm³/mol. The molecule has 3 aromatic carbocycles. The lowest BCUT2D eigenvalue weighted by Gasteiger charge is -2.28. The van der Waals surface area contributed by atoms with Gasteiger partial charge in [-0.05, 0) is 112 Å². The van der Waals surface area contributed by atoms with Crippen molar-refractivity contribution in [2.75, 3.05) is 27.1 Å². The van der Waals surface area contributed by atoms with Gasteiger partial charge in [0.05, 0.1) is 38.7 Å². The van der Waals surface area contributed by atoms with Gasteiger partial charge < -0.3 is 39.1 Å². The first-order valence-electron chi connectivity index (χ1n) is 14.2. The van der Waals surface area contributed by atoms with Gasteiger partial charge in [0.15, 0.2) is 29.6 Å². The van der Waals surface area contributed by atoms with Crippen molar-refractivity contribution in [1.82, 2.24) is 16.1 Å². The Morgan fingerprint density at radius 2 is 1.81 bits per heavy atom. The molecule has 0 saturated carbocycles. The molecule has 0 aliphatic carbocycles. The van der Waals surface area contributed by atoms with Gasteiger partial charge in [0.25, 0.3) is 5.91 Å². The topological polar surface area (TPSA) is 155 Å². The maximum atomic E-state index is 12.6. The van der Waals surface area contributed by atoms with Gasteiger partial charge in [-0.25, -0.2) is 15.0 Å². The number of methoxy groups -OCH3 is 1. The minimum atomic E-state index is -0.773. The Hall–Kier alpha value is -4.26. The summed E-state index contributed by atoms with van der Waals surface area (Å²) in [6, 6.07) is 13.1. The summed E-state index contributed by atoms with van der Waals surface area (Å²) >= 11 is 4.39. The third kappa shape index (κ3) is 8.37. The van der Waals surface area contributed by atoms with E-state index in [9.17, 15) is 14.4 Å². The number of nitrogens with one attached hydrogen (secondary N) is 3. The number of fused-ring (bicyclic) bond motifs is 1. The molecule has 13 nitrogen and oxygen atoms in total. The minimum absolute atomic E-state index is 0.183. The van der Waals surface area contributed by atoms with Crippen molar-refractivity contribution < 1.29 is 42.8 Å². The third-order valence-electron chi connectivity index (χ3n) is 6.89. The second kappa shape index (κ2) is 15.6. The number of hydrogen-bond donors (Lipinski definition) is 3. The van der Waals surface area contributed by atoms with Gasteiger partial charge in [0.1, 0.15) is 12.4 Å². The molecule has 2 aliphatic heterocycles. The second-order valence-corrected chi connectivity index (χ2v) is 12.4. The van der Waals surface area contributed by atoms with E-state index in [1.165, 1.54) is 13.3 Å². The van der Waals surface area contributed by atoms with Crippen LogP contribution in [0, 0.1) is 7.14 Å². The van der Waals surface area contributed by atoms with E-state index in [4.69, 9.17) is 28.4 Å². The number of amides is 3. The highest BCUT2D eigenvalue weighted by Crippen LogP contribution is 2.36. The van der Waals surface area contributed by atoms with Crippen LogP contribution < -0.4 is 39.7 Å². The number of esters is 1. The van der Waals surface area contributed by atoms with Crippen LogP contribution in [-0.4, -0.2) is 51.2 Å². The van der Waals surface area contributed by atoms with Crippen LogP contribution in [0.3, 0.4) is 0 Å². The smallest absolute Gasteiger partial charge is 0.338 e. The zero-order chi connectivity index (χ0) is 33.5. The maximum Gasteiger partial charge on any atom is 0.338 e. The van der Waals surface area contributed by atoms with E-state index in [1.54, 1.807) is 32.0 Å². The summed E-state index contributed by atoms with van der Waals surface area (Å²) < 4.78 is 35.0. The second-order valence-electron chi connectivity index (χ2n) is 10.1. The van der Waals surface area contributed by atoms with Crippen molar-refractivity contribution in [3.05, 3.63) is 83.6 Å². The van der Waals surface area contributed by atoms with E-state index in [-0.39, 0.29) is 31.3 Å². The SMILES string of the molecule is CCOC(=O)C1=C(C)NC(=O)N[C@H]1c1ccc(OCC(=O)N/N=C\c2cc(I)c(OCc3ccc4c(c3)OCO4)c(I)c2)c(OC)c1. The first-order chi connectivity index (χ1) is 22.7. The van der Waals surface area contributed by atoms with E-state index >= 15 is 0 Å². The normalized spacial score (nSPS) is 15.2. The van der Waals surface area contributed by atoms with Crippen molar-refractivity contribution in [3.63, 3.8) is 0 Å². The number of halogens is 2. The number of benzene rings is 3. The van der Waals surface area contributed by atoms with Crippen LogP contribution in [0.5, 0.6) is 28.7 Å². The average molecular weight is 868 g/mol. The van der Waals surface area contributed by atoms with Crippen LogP contribution in [0.15, 0.2) is 64.9 Å². The number of hydrazone groups is 1. The molecule has 2 aliphatic rings. The van der Waals surface area contributed by atoms with E-state index in [2.05, 4.69) is 66.3 Å². The van der Waals surface area contributed by atoms with Crippen molar-refractivity contribution in [2.45, 2.75) is 26.5 Å². The molecule has 3 amide bonds. The summed E-state index contributed by atoms with van der Waals surface area (Å²) in [6.07, 6.45) is 1.53. The van der Waals surface area contributed by atoms with Crippen molar-refractivity contribution in [2.24, 2.45) is 5.10 Å². The quantitative estimate of drug-likeness (QED) is 0.0996. The van der Waals surface area contributed by atoms with Crippen molar-refractivity contribution in [3.8, 4) is 28.7 Å². The standard InChI is InChI=1S/C32H30I2N4O9/c1-4-43-31(40)28-17(2)36-32(41)37-29(28)20-6-8-23(25(12-20)42-3)44-15-27(39)38-35-13-19-9-21(33)30(22(34)10-19)45-14-18-5-7-24-26(11-18)47-16-46-24/h5-13,29H,4,14-16H2,1-3H3,(H,38,39)(H2,36,37,41)/b35-13-/t29-/m0/s1. The number of hydrogen-bond acceptors (Lipinski definition) is 10. The largest absolute Gasteiger partial charge is 0.493 e. The maximum absolute atomic E-state index is 12.6. The molecule has 0 unspecified atom stereocenters. The molecule has 0 bridgehead atoms. The minimum Gasteiger partial charge on any atom is -0.493 e. The molecule has 1 atom stereocenters. The fraction of sp³-hybridized carbons (Fsp3) is 0.250. The number of carbonyl (C=O) groups is 3. The van der Waals surface area contributed by atoms with Crippen LogP contribution in [0.2, 0.25) is 0 Å². The lowest BCUT2D eigenvalue weighted by molar-refractivity contribution is -0.139. The lowest BCUT2D eigenvalue weighted by Crippen LogP contribution is -2.45. The summed E-state index contributed by atoms with van der Waals surface area (Å²) in [5.74, 6) is 1.71. The van der Waals surface area contributed by atoms with E-state index in [1.807, 2.05) is 30.3 Å². The van der Waals surface area contributed by atoms with Gasteiger partial charge in [-0.1, -0.05) is 12.1 Å². The number of carbonyl (C=O) groups excluding carboxylic acids is 3. The molecule has 0 spiro atoms. The Morgan fingerprint density at radius 1 is 1.04 bits per heavy atom. The molecule has 15 heteroatoms. The van der Waals surface area contributed by atoms with Gasteiger partial charge in [0, 0.05) is 5.70 Å². The van der Waals surface area contributed by atoms with Crippen LogP contribution >= 0.6 is 45.2 Å². The first-order valence-corrected chi connectivity index (χ1v) is 16.4. The molecule has 0 fully saturated rings. The molecule has 0 aromatic heterocycles. The molecule has 47 heavy (non-hydrogen) atoms. The Kier molecular flexibility index (Phi) is 11.3. The van der Waals surface area contributed by atoms with Gasteiger partial charge in [-0.3, -0.25) is 4.79 Å². The fourth-order valence-electron chi connectivity index (χ4n) is 4.74. The number of ether oxygens (including phenoxy) is 6. The zero-order valence-electron chi connectivity index (χ0n) is 25.5. The Balaban J connectivity index is 1.16. The highest BCUT2D eigenvalue weighted by atomic mass is 127. The van der Waals surface area contributed by atoms with Gasteiger partial charge in [-0.15, -0.1) is 0 Å². The van der Waals surface area contributed by atoms with E-state index < -0.39 is 23.9 Å². The monoisotopic (exact) mass is 868 g/mol. The molecule has 2 heterocycles.